The number of alkyl halides is 2. The Morgan fingerprint density at radius 2 is 1.78 bits per heavy atom. The van der Waals surface area contributed by atoms with E-state index >= 15 is 0 Å². The Labute approximate surface area is 155 Å². The molecule has 0 bridgehead atoms. The van der Waals surface area contributed by atoms with Crippen LogP contribution >= 0.6 is 0 Å². The predicted molar refractivity (Wildman–Crippen MR) is 91.5 cm³/mol. The van der Waals surface area contributed by atoms with Crippen molar-refractivity contribution in [3.8, 4) is 5.75 Å². The minimum atomic E-state index is -3.11. The lowest BCUT2D eigenvalue weighted by Gasteiger charge is -2.23. The number of amides is 3. The summed E-state index contributed by atoms with van der Waals surface area (Å²) >= 11 is 0. The number of urea groups is 1. The van der Waals surface area contributed by atoms with Crippen molar-refractivity contribution in [3.63, 3.8) is 0 Å². The SMILES string of the molecule is C[C@H](OC(=O)c1ccccc1OC(F)F)C(=O)NC(=O)NC1CCCCC1. The molecule has 0 aliphatic heterocycles. The van der Waals surface area contributed by atoms with Gasteiger partial charge >= 0.3 is 18.6 Å². The van der Waals surface area contributed by atoms with Gasteiger partial charge in [0, 0.05) is 6.04 Å². The first-order valence-corrected chi connectivity index (χ1v) is 8.73. The Morgan fingerprint density at radius 3 is 2.44 bits per heavy atom. The summed E-state index contributed by atoms with van der Waals surface area (Å²) in [6, 6.07) is 4.64. The second-order valence-corrected chi connectivity index (χ2v) is 6.22. The van der Waals surface area contributed by atoms with Gasteiger partial charge < -0.3 is 14.8 Å². The summed E-state index contributed by atoms with van der Waals surface area (Å²) in [6.45, 7) is -1.83. The van der Waals surface area contributed by atoms with Crippen LogP contribution in [0.5, 0.6) is 5.75 Å². The van der Waals surface area contributed by atoms with E-state index in [-0.39, 0.29) is 17.4 Å². The first-order valence-electron chi connectivity index (χ1n) is 8.73. The lowest BCUT2D eigenvalue weighted by atomic mass is 9.96. The molecule has 1 fully saturated rings. The predicted octanol–water partition coefficient (Wildman–Crippen LogP) is 2.99. The molecule has 2 rings (SSSR count). The molecular formula is C18H22F2N2O5. The molecule has 7 nitrogen and oxygen atoms in total. The zero-order valence-electron chi connectivity index (χ0n) is 14.9. The van der Waals surface area contributed by atoms with Crippen molar-refractivity contribution in [2.75, 3.05) is 0 Å². The molecule has 0 radical (unpaired) electrons. The van der Waals surface area contributed by atoms with E-state index in [1.54, 1.807) is 0 Å². The fraction of sp³-hybridized carbons (Fsp3) is 0.500. The number of carbonyl (C=O) groups is 3. The molecule has 2 N–H and O–H groups in total. The van der Waals surface area contributed by atoms with E-state index in [9.17, 15) is 23.2 Å². The van der Waals surface area contributed by atoms with Gasteiger partial charge in [-0.05, 0) is 31.9 Å². The van der Waals surface area contributed by atoms with E-state index in [1.807, 2.05) is 0 Å². The van der Waals surface area contributed by atoms with Crippen molar-refractivity contribution in [2.24, 2.45) is 0 Å². The fourth-order valence-corrected chi connectivity index (χ4v) is 2.79. The van der Waals surface area contributed by atoms with Gasteiger partial charge in [0.25, 0.3) is 5.91 Å². The molecule has 1 atom stereocenters. The molecule has 1 aliphatic rings. The first kappa shape index (κ1) is 20.6. The van der Waals surface area contributed by atoms with Crippen LogP contribution in [0, 0.1) is 0 Å². The molecule has 0 saturated heterocycles. The highest BCUT2D eigenvalue weighted by Gasteiger charge is 2.24. The molecule has 148 valence electrons. The summed E-state index contributed by atoms with van der Waals surface area (Å²) in [6.07, 6.45) is 3.58. The third-order valence-electron chi connectivity index (χ3n) is 4.15. The standard InChI is InChI=1S/C18H22F2N2O5/c1-11(15(23)22-18(25)21-12-7-3-2-4-8-12)26-16(24)13-9-5-6-10-14(13)27-17(19)20/h5-6,9-12,17H,2-4,7-8H2,1H3,(H2,21,22,23,25)/t11-/m0/s1. The normalized spacial score (nSPS) is 15.7. The van der Waals surface area contributed by atoms with Gasteiger partial charge in [0.2, 0.25) is 0 Å². The summed E-state index contributed by atoms with van der Waals surface area (Å²) in [5.41, 5.74) is -0.246. The number of esters is 1. The quantitative estimate of drug-likeness (QED) is 0.736. The minimum absolute atomic E-state index is 0.0165. The summed E-state index contributed by atoms with van der Waals surface area (Å²) < 4.78 is 34.0. The van der Waals surface area contributed by atoms with Crippen LogP contribution < -0.4 is 15.4 Å². The van der Waals surface area contributed by atoms with E-state index < -0.39 is 30.6 Å². The van der Waals surface area contributed by atoms with Gasteiger partial charge in [-0.2, -0.15) is 8.78 Å². The van der Waals surface area contributed by atoms with Gasteiger partial charge in [0.05, 0.1) is 0 Å². The molecular weight excluding hydrogens is 362 g/mol. The third kappa shape index (κ3) is 6.50. The van der Waals surface area contributed by atoms with Crippen molar-refractivity contribution in [2.45, 2.75) is 57.8 Å². The maximum Gasteiger partial charge on any atom is 0.387 e. The molecule has 9 heteroatoms. The minimum Gasteiger partial charge on any atom is -0.449 e. The average Bonchev–Trinajstić information content (AvgIpc) is 2.62. The first-order chi connectivity index (χ1) is 12.9. The topological polar surface area (TPSA) is 93.7 Å². The second-order valence-electron chi connectivity index (χ2n) is 6.22. The van der Waals surface area contributed by atoms with Crippen molar-refractivity contribution in [1.82, 2.24) is 10.6 Å². The summed E-state index contributed by atoms with van der Waals surface area (Å²) in [4.78, 5) is 36.0. The highest BCUT2D eigenvalue weighted by Crippen LogP contribution is 2.21. The Balaban J connectivity index is 1.88. The van der Waals surface area contributed by atoms with Crippen LogP contribution in [0.1, 0.15) is 49.4 Å². The number of para-hydroxylation sites is 1. The molecule has 0 heterocycles. The van der Waals surface area contributed by atoms with Crippen LogP contribution in [0.4, 0.5) is 13.6 Å². The Bertz CT molecular complexity index is 677. The molecule has 1 aromatic carbocycles. The van der Waals surface area contributed by atoms with Gasteiger partial charge in [-0.3, -0.25) is 10.1 Å². The lowest BCUT2D eigenvalue weighted by molar-refractivity contribution is -0.128. The molecule has 1 aliphatic carbocycles. The number of ether oxygens (including phenoxy) is 2. The van der Waals surface area contributed by atoms with Crippen LogP contribution in [-0.4, -0.2) is 36.7 Å². The second kappa shape index (κ2) is 9.84. The van der Waals surface area contributed by atoms with Crippen molar-refractivity contribution in [3.05, 3.63) is 29.8 Å². The number of imide groups is 1. The maximum atomic E-state index is 12.4. The molecule has 1 saturated carbocycles. The summed E-state index contributed by atoms with van der Waals surface area (Å²) in [5, 5.41) is 4.82. The van der Waals surface area contributed by atoms with E-state index in [0.29, 0.717) is 0 Å². The van der Waals surface area contributed by atoms with Crippen LogP contribution in [-0.2, 0) is 9.53 Å². The van der Waals surface area contributed by atoms with Crippen LogP contribution in [0.25, 0.3) is 0 Å². The van der Waals surface area contributed by atoms with Crippen molar-refractivity contribution >= 4 is 17.9 Å². The van der Waals surface area contributed by atoms with Gasteiger partial charge in [-0.1, -0.05) is 31.4 Å². The molecule has 0 spiro atoms. The number of benzene rings is 1. The van der Waals surface area contributed by atoms with E-state index in [0.717, 1.165) is 32.1 Å². The average molecular weight is 384 g/mol. The maximum absolute atomic E-state index is 12.4. The summed E-state index contributed by atoms with van der Waals surface area (Å²) in [7, 11) is 0. The zero-order valence-corrected chi connectivity index (χ0v) is 14.9. The largest absolute Gasteiger partial charge is 0.449 e. The van der Waals surface area contributed by atoms with Crippen LogP contribution in [0.2, 0.25) is 0 Å². The highest BCUT2D eigenvalue weighted by atomic mass is 19.3. The third-order valence-corrected chi connectivity index (χ3v) is 4.15. The monoisotopic (exact) mass is 384 g/mol. The van der Waals surface area contributed by atoms with Crippen molar-refractivity contribution < 1.29 is 32.6 Å². The molecule has 1 aromatic rings. The molecule has 0 unspecified atom stereocenters. The smallest absolute Gasteiger partial charge is 0.387 e. The van der Waals surface area contributed by atoms with Crippen LogP contribution in [0.3, 0.4) is 0 Å². The number of nitrogens with one attached hydrogen (secondary N) is 2. The van der Waals surface area contributed by atoms with Crippen LogP contribution in [0.15, 0.2) is 24.3 Å². The van der Waals surface area contributed by atoms with Gasteiger partial charge in [-0.25, -0.2) is 9.59 Å². The van der Waals surface area contributed by atoms with E-state index in [1.165, 1.54) is 31.2 Å². The number of carbonyl (C=O) groups excluding carboxylic acids is 3. The Kier molecular flexibility index (Phi) is 7.51. The highest BCUT2D eigenvalue weighted by molar-refractivity contribution is 5.99. The zero-order chi connectivity index (χ0) is 19.8. The van der Waals surface area contributed by atoms with Gasteiger partial charge in [0.1, 0.15) is 11.3 Å². The number of halogens is 2. The van der Waals surface area contributed by atoms with Gasteiger partial charge in [-0.15, -0.1) is 0 Å². The number of hydrogen-bond acceptors (Lipinski definition) is 5. The van der Waals surface area contributed by atoms with Crippen molar-refractivity contribution in [1.29, 1.82) is 0 Å². The lowest BCUT2D eigenvalue weighted by Crippen LogP contribution is -2.48. The Hall–Kier alpha value is -2.71. The van der Waals surface area contributed by atoms with E-state index in [4.69, 9.17) is 4.74 Å². The fourth-order valence-electron chi connectivity index (χ4n) is 2.79. The molecule has 27 heavy (non-hydrogen) atoms. The number of rotatable bonds is 6. The van der Waals surface area contributed by atoms with E-state index in [2.05, 4.69) is 15.4 Å². The summed E-state index contributed by atoms with van der Waals surface area (Å²) in [5.74, 6) is -2.19. The molecule has 3 amide bonds. The number of hydrogen-bond donors (Lipinski definition) is 2. The van der Waals surface area contributed by atoms with Gasteiger partial charge in [0.15, 0.2) is 6.10 Å². The Morgan fingerprint density at radius 1 is 1.11 bits per heavy atom. The molecule has 0 aromatic heterocycles.